The Balaban J connectivity index is 1.44. The lowest BCUT2D eigenvalue weighted by molar-refractivity contribution is -0.0537. The molecule has 0 spiro atoms. The largest absolute Gasteiger partial charge is 0.496 e. The summed E-state index contributed by atoms with van der Waals surface area (Å²) in [5.41, 5.74) is 2.08. The maximum Gasteiger partial charge on any atom is 0.124 e. The van der Waals surface area contributed by atoms with Gasteiger partial charge in [-0.25, -0.2) is 0 Å². The van der Waals surface area contributed by atoms with Crippen LogP contribution in [0.15, 0.2) is 48.5 Å². The number of hydrogen-bond donors (Lipinski definition) is 1. The molecule has 1 aliphatic rings. The molecular weight excluding hydrogens is 366 g/mol. The molecule has 1 fully saturated rings. The molecule has 2 aromatic carbocycles. The Bertz CT molecular complexity index is 710. The minimum atomic E-state index is -0.552. The molecule has 1 saturated heterocycles. The van der Waals surface area contributed by atoms with E-state index in [-0.39, 0.29) is 12.7 Å². The summed E-state index contributed by atoms with van der Waals surface area (Å²) in [4.78, 5) is 2.21. The number of nitrogens with zero attached hydrogens (tertiary/aromatic N) is 1. The van der Waals surface area contributed by atoms with Gasteiger partial charge >= 0.3 is 0 Å². The van der Waals surface area contributed by atoms with E-state index >= 15 is 0 Å². The number of rotatable bonds is 8. The predicted molar refractivity (Wildman–Crippen MR) is 105 cm³/mol. The van der Waals surface area contributed by atoms with Crippen molar-refractivity contribution in [1.29, 1.82) is 0 Å². The Labute approximate surface area is 165 Å². The van der Waals surface area contributed by atoms with E-state index in [1.807, 2.05) is 48.5 Å². The van der Waals surface area contributed by atoms with Crippen LogP contribution in [0.2, 0.25) is 5.02 Å². The van der Waals surface area contributed by atoms with Crippen LogP contribution < -0.4 is 4.74 Å². The topological polar surface area (TPSA) is 51.2 Å². The molecule has 2 aromatic rings. The van der Waals surface area contributed by atoms with Crippen LogP contribution in [0.1, 0.15) is 17.2 Å². The van der Waals surface area contributed by atoms with E-state index in [9.17, 15) is 5.11 Å². The minimum Gasteiger partial charge on any atom is -0.496 e. The van der Waals surface area contributed by atoms with E-state index in [1.54, 1.807) is 7.11 Å². The number of benzene rings is 2. The smallest absolute Gasteiger partial charge is 0.124 e. The van der Waals surface area contributed by atoms with Gasteiger partial charge in [-0.2, -0.15) is 0 Å². The molecule has 1 aliphatic heterocycles. The van der Waals surface area contributed by atoms with Crippen LogP contribution in [0, 0.1) is 0 Å². The number of aliphatic hydroxyl groups excluding tert-OH is 1. The first-order valence-electron chi connectivity index (χ1n) is 9.13. The standard InChI is InChI=1S/C21H26ClNO4/c1-25-20-5-3-2-4-17(20)14-26-15-19(24)12-23-10-11-27-21(13-23)16-6-8-18(22)9-7-16/h2-9,19,21,24H,10-15H2,1H3/t19-,21-/m1/s1. The van der Waals surface area contributed by atoms with E-state index in [0.717, 1.165) is 30.0 Å². The van der Waals surface area contributed by atoms with E-state index < -0.39 is 6.10 Å². The van der Waals surface area contributed by atoms with E-state index in [4.69, 9.17) is 25.8 Å². The van der Waals surface area contributed by atoms with Crippen molar-refractivity contribution in [3.63, 3.8) is 0 Å². The third-order valence-electron chi connectivity index (χ3n) is 4.62. The van der Waals surface area contributed by atoms with Gasteiger partial charge in [0.1, 0.15) is 5.75 Å². The first-order valence-corrected chi connectivity index (χ1v) is 9.50. The fourth-order valence-electron chi connectivity index (χ4n) is 3.23. The maximum atomic E-state index is 10.3. The lowest BCUT2D eigenvalue weighted by Crippen LogP contribution is -2.43. The zero-order valence-corrected chi connectivity index (χ0v) is 16.3. The van der Waals surface area contributed by atoms with Gasteiger partial charge in [-0.3, -0.25) is 4.90 Å². The normalized spacial score (nSPS) is 19.0. The SMILES string of the molecule is COc1ccccc1COC[C@H](O)CN1CCO[C@@H](c2ccc(Cl)cc2)C1. The molecule has 0 amide bonds. The number of β-amino-alcohol motifs (C(OH)–C–C–N with tert-alkyl or cyclic N) is 1. The highest BCUT2D eigenvalue weighted by Crippen LogP contribution is 2.24. The molecule has 27 heavy (non-hydrogen) atoms. The van der Waals surface area contributed by atoms with Gasteiger partial charge in [-0.1, -0.05) is 41.9 Å². The van der Waals surface area contributed by atoms with Gasteiger partial charge in [-0.15, -0.1) is 0 Å². The first kappa shape index (κ1) is 20.1. The van der Waals surface area contributed by atoms with Gasteiger partial charge < -0.3 is 19.3 Å². The van der Waals surface area contributed by atoms with Gasteiger partial charge in [0.2, 0.25) is 0 Å². The highest BCUT2D eigenvalue weighted by Gasteiger charge is 2.23. The summed E-state index contributed by atoms with van der Waals surface area (Å²) in [5.74, 6) is 0.797. The van der Waals surface area contributed by atoms with Crippen LogP contribution in [0.3, 0.4) is 0 Å². The van der Waals surface area contributed by atoms with Crippen molar-refractivity contribution < 1.29 is 19.3 Å². The molecule has 1 heterocycles. The van der Waals surface area contributed by atoms with Crippen molar-refractivity contribution in [3.05, 3.63) is 64.7 Å². The van der Waals surface area contributed by atoms with Gasteiger partial charge in [0.25, 0.3) is 0 Å². The average molecular weight is 392 g/mol. The van der Waals surface area contributed by atoms with Crippen LogP contribution in [-0.2, 0) is 16.1 Å². The lowest BCUT2D eigenvalue weighted by atomic mass is 10.1. The molecule has 2 atom stereocenters. The summed E-state index contributed by atoms with van der Waals surface area (Å²) >= 11 is 5.95. The van der Waals surface area contributed by atoms with Crippen molar-refractivity contribution in [2.24, 2.45) is 0 Å². The van der Waals surface area contributed by atoms with Crippen LogP contribution in [0.5, 0.6) is 5.75 Å². The zero-order chi connectivity index (χ0) is 19.1. The summed E-state index contributed by atoms with van der Waals surface area (Å²) in [7, 11) is 1.64. The fourth-order valence-corrected chi connectivity index (χ4v) is 3.35. The maximum absolute atomic E-state index is 10.3. The second-order valence-electron chi connectivity index (χ2n) is 6.65. The summed E-state index contributed by atoms with van der Waals surface area (Å²) < 4.78 is 16.9. The summed E-state index contributed by atoms with van der Waals surface area (Å²) in [6.07, 6.45) is -0.554. The van der Waals surface area contributed by atoms with Crippen LogP contribution >= 0.6 is 11.6 Å². The Kier molecular flexibility index (Phi) is 7.50. The molecule has 146 valence electrons. The zero-order valence-electron chi connectivity index (χ0n) is 15.5. The predicted octanol–water partition coefficient (Wildman–Crippen LogP) is 3.30. The quantitative estimate of drug-likeness (QED) is 0.748. The second kappa shape index (κ2) is 10.1. The van der Waals surface area contributed by atoms with Gasteiger partial charge in [0, 0.05) is 30.2 Å². The first-order chi connectivity index (χ1) is 13.2. The molecule has 0 aromatic heterocycles. The van der Waals surface area contributed by atoms with Crippen molar-refractivity contribution in [2.75, 3.05) is 40.0 Å². The van der Waals surface area contributed by atoms with Crippen molar-refractivity contribution in [3.8, 4) is 5.75 Å². The van der Waals surface area contributed by atoms with E-state index in [0.29, 0.717) is 24.8 Å². The van der Waals surface area contributed by atoms with Crippen molar-refractivity contribution >= 4 is 11.6 Å². The molecule has 0 bridgehead atoms. The molecule has 1 N–H and O–H groups in total. The van der Waals surface area contributed by atoms with Gasteiger partial charge in [-0.05, 0) is 23.8 Å². The van der Waals surface area contributed by atoms with E-state index in [2.05, 4.69) is 4.90 Å². The van der Waals surface area contributed by atoms with Crippen molar-refractivity contribution in [2.45, 2.75) is 18.8 Å². The molecule has 0 radical (unpaired) electrons. The highest BCUT2D eigenvalue weighted by molar-refractivity contribution is 6.30. The second-order valence-corrected chi connectivity index (χ2v) is 7.09. The average Bonchev–Trinajstić information content (AvgIpc) is 2.69. The third-order valence-corrected chi connectivity index (χ3v) is 4.87. The molecule has 6 heteroatoms. The minimum absolute atomic E-state index is 0.00212. The molecule has 3 rings (SSSR count). The van der Waals surface area contributed by atoms with Gasteiger partial charge in [0.15, 0.2) is 0 Å². The van der Waals surface area contributed by atoms with Crippen LogP contribution in [0.25, 0.3) is 0 Å². The highest BCUT2D eigenvalue weighted by atomic mass is 35.5. The Hall–Kier alpha value is -1.63. The molecule has 0 aliphatic carbocycles. The number of aliphatic hydroxyl groups is 1. The monoisotopic (exact) mass is 391 g/mol. The number of halogens is 1. The lowest BCUT2D eigenvalue weighted by Gasteiger charge is -2.34. The Morgan fingerprint density at radius 1 is 1.22 bits per heavy atom. The molecule has 5 nitrogen and oxygen atoms in total. The van der Waals surface area contributed by atoms with Gasteiger partial charge in [0.05, 0.1) is 39.1 Å². The fraction of sp³-hybridized carbons (Fsp3) is 0.429. The molecule has 0 saturated carbocycles. The number of morpholine rings is 1. The third kappa shape index (κ3) is 5.92. The number of hydrogen-bond acceptors (Lipinski definition) is 5. The number of ether oxygens (including phenoxy) is 3. The Morgan fingerprint density at radius 3 is 2.78 bits per heavy atom. The van der Waals surface area contributed by atoms with Crippen LogP contribution in [0.4, 0.5) is 0 Å². The molecule has 0 unspecified atom stereocenters. The van der Waals surface area contributed by atoms with E-state index in [1.165, 1.54) is 0 Å². The number of methoxy groups -OCH3 is 1. The summed E-state index contributed by atoms with van der Waals surface area (Å²) in [5, 5.41) is 11.1. The Morgan fingerprint density at radius 2 is 2.00 bits per heavy atom. The van der Waals surface area contributed by atoms with Crippen molar-refractivity contribution in [1.82, 2.24) is 4.90 Å². The molecular formula is C21H26ClNO4. The summed E-state index contributed by atoms with van der Waals surface area (Å²) in [6, 6.07) is 15.5. The number of para-hydroxylation sites is 1. The summed E-state index contributed by atoms with van der Waals surface area (Å²) in [6.45, 7) is 3.43. The van der Waals surface area contributed by atoms with Crippen LogP contribution in [-0.4, -0.2) is 56.1 Å².